The molecular weight excluding hydrogens is 212 g/mol. The van der Waals surface area contributed by atoms with E-state index >= 15 is 0 Å². The van der Waals surface area contributed by atoms with Crippen LogP contribution >= 0.6 is 0 Å². The van der Waals surface area contributed by atoms with E-state index in [0.29, 0.717) is 6.42 Å². The highest BCUT2D eigenvalue weighted by atomic mass is 16.5. The average molecular weight is 234 g/mol. The number of hydrogen-bond donors (Lipinski definition) is 0. The second-order valence-electron chi connectivity index (χ2n) is 5.61. The molecule has 0 N–H and O–H groups in total. The molecule has 1 aromatic rings. The Kier molecular flexibility index (Phi) is 4.47. The fraction of sp³-hybridized carbons (Fsp3) is 0.533. The summed E-state index contributed by atoms with van der Waals surface area (Å²) in [4.78, 5) is 12.2. The highest BCUT2D eigenvalue weighted by Crippen LogP contribution is 2.23. The highest BCUT2D eigenvalue weighted by Gasteiger charge is 2.30. The van der Waals surface area contributed by atoms with E-state index in [0.717, 1.165) is 5.56 Å². The molecule has 1 atom stereocenters. The van der Waals surface area contributed by atoms with Crippen molar-refractivity contribution in [2.45, 2.75) is 40.2 Å². The highest BCUT2D eigenvalue weighted by molar-refractivity contribution is 5.85. The Balaban J connectivity index is 2.74. The Bertz CT molecular complexity index is 371. The first-order valence-corrected chi connectivity index (χ1v) is 5.95. The van der Waals surface area contributed by atoms with Gasteiger partial charge in [0, 0.05) is 13.5 Å². The van der Waals surface area contributed by atoms with E-state index in [1.807, 2.05) is 52.0 Å². The summed E-state index contributed by atoms with van der Waals surface area (Å²) < 4.78 is 5.32. The van der Waals surface area contributed by atoms with Crippen molar-refractivity contribution in [3.63, 3.8) is 0 Å². The third-order valence-electron chi connectivity index (χ3n) is 2.81. The molecule has 0 bridgehead atoms. The molecule has 0 aliphatic carbocycles. The van der Waals surface area contributed by atoms with Gasteiger partial charge in [-0.1, -0.05) is 50.6 Å². The topological polar surface area (TPSA) is 26.3 Å². The fourth-order valence-corrected chi connectivity index (χ4v) is 1.97. The van der Waals surface area contributed by atoms with Crippen LogP contribution in [-0.4, -0.2) is 19.0 Å². The monoisotopic (exact) mass is 234 g/mol. The summed E-state index contributed by atoms with van der Waals surface area (Å²) in [6.07, 6.45) is 0.0968. The van der Waals surface area contributed by atoms with Gasteiger partial charge >= 0.3 is 0 Å². The number of carbonyl (C=O) groups excluding carboxylic acids is 1. The number of benzene rings is 1. The first kappa shape index (κ1) is 13.9. The van der Waals surface area contributed by atoms with Gasteiger partial charge in [-0.05, 0) is 17.9 Å². The number of ketones is 1. The van der Waals surface area contributed by atoms with Crippen molar-refractivity contribution in [3.8, 4) is 0 Å². The van der Waals surface area contributed by atoms with Gasteiger partial charge in [0.1, 0.15) is 6.10 Å². The molecule has 0 aliphatic rings. The van der Waals surface area contributed by atoms with E-state index in [1.165, 1.54) is 5.56 Å². The molecule has 2 nitrogen and oxygen atoms in total. The summed E-state index contributed by atoms with van der Waals surface area (Å²) in [5.74, 6) is 0.142. The third-order valence-corrected chi connectivity index (χ3v) is 2.81. The summed E-state index contributed by atoms with van der Waals surface area (Å²) in [6.45, 7) is 8.11. The van der Waals surface area contributed by atoms with Crippen LogP contribution in [0.3, 0.4) is 0 Å². The Morgan fingerprint density at radius 1 is 1.24 bits per heavy atom. The van der Waals surface area contributed by atoms with Gasteiger partial charge in [0.15, 0.2) is 5.78 Å². The largest absolute Gasteiger partial charge is 0.373 e. The zero-order valence-electron chi connectivity index (χ0n) is 11.4. The number of carbonyl (C=O) groups is 1. The summed E-state index contributed by atoms with van der Waals surface area (Å²) in [7, 11) is 1.60. The lowest BCUT2D eigenvalue weighted by Gasteiger charge is -2.28. The van der Waals surface area contributed by atoms with Crippen molar-refractivity contribution in [2.75, 3.05) is 7.11 Å². The second kappa shape index (κ2) is 5.46. The standard InChI is InChI=1S/C15H22O2/c1-11-6-8-12(9-7-11)10-13(16)14(17-5)15(2,3)4/h6-9,14H,10H2,1-5H3. The van der Waals surface area contributed by atoms with Crippen molar-refractivity contribution < 1.29 is 9.53 Å². The smallest absolute Gasteiger partial charge is 0.166 e. The molecule has 0 heterocycles. The lowest BCUT2D eigenvalue weighted by molar-refractivity contribution is -0.134. The zero-order valence-corrected chi connectivity index (χ0v) is 11.4. The SMILES string of the molecule is COC(C(=O)Cc1ccc(C)cc1)C(C)(C)C. The first-order valence-electron chi connectivity index (χ1n) is 5.95. The Hall–Kier alpha value is -1.15. The van der Waals surface area contributed by atoms with Crippen LogP contribution in [0.5, 0.6) is 0 Å². The van der Waals surface area contributed by atoms with Crippen LogP contribution in [0, 0.1) is 12.3 Å². The second-order valence-corrected chi connectivity index (χ2v) is 5.61. The maximum atomic E-state index is 12.2. The van der Waals surface area contributed by atoms with Gasteiger partial charge in [-0.2, -0.15) is 0 Å². The van der Waals surface area contributed by atoms with Crippen LogP contribution in [0.2, 0.25) is 0 Å². The maximum Gasteiger partial charge on any atom is 0.166 e. The quantitative estimate of drug-likeness (QED) is 0.800. The van der Waals surface area contributed by atoms with E-state index in [4.69, 9.17) is 4.74 Å². The summed E-state index contributed by atoms with van der Waals surface area (Å²) in [5, 5.41) is 0. The van der Waals surface area contributed by atoms with Crippen LogP contribution < -0.4 is 0 Å². The molecule has 1 rings (SSSR count). The van der Waals surface area contributed by atoms with Gasteiger partial charge in [-0.25, -0.2) is 0 Å². The predicted molar refractivity (Wildman–Crippen MR) is 70.1 cm³/mol. The van der Waals surface area contributed by atoms with E-state index in [2.05, 4.69) is 0 Å². The molecule has 0 aliphatic heterocycles. The Labute approximate surface area is 104 Å². The number of rotatable bonds is 4. The van der Waals surface area contributed by atoms with E-state index in [-0.39, 0.29) is 17.3 Å². The van der Waals surface area contributed by atoms with E-state index in [9.17, 15) is 4.79 Å². The van der Waals surface area contributed by atoms with Crippen molar-refractivity contribution in [2.24, 2.45) is 5.41 Å². The number of methoxy groups -OCH3 is 1. The molecule has 0 amide bonds. The number of ether oxygens (including phenoxy) is 1. The molecule has 2 heteroatoms. The van der Waals surface area contributed by atoms with Gasteiger partial charge in [-0.3, -0.25) is 4.79 Å². The molecule has 0 spiro atoms. The third kappa shape index (κ3) is 3.97. The van der Waals surface area contributed by atoms with Crippen molar-refractivity contribution >= 4 is 5.78 Å². The lowest BCUT2D eigenvalue weighted by Crippen LogP contribution is -2.37. The number of hydrogen-bond acceptors (Lipinski definition) is 2. The van der Waals surface area contributed by atoms with Gasteiger partial charge < -0.3 is 4.74 Å². The van der Waals surface area contributed by atoms with E-state index in [1.54, 1.807) is 7.11 Å². The predicted octanol–water partition coefficient (Wildman–Crippen LogP) is 3.17. The molecular formula is C15H22O2. The minimum Gasteiger partial charge on any atom is -0.373 e. The van der Waals surface area contributed by atoms with E-state index < -0.39 is 0 Å². The fourth-order valence-electron chi connectivity index (χ4n) is 1.97. The van der Waals surface area contributed by atoms with Crippen molar-refractivity contribution in [1.82, 2.24) is 0 Å². The molecule has 0 saturated heterocycles. The Morgan fingerprint density at radius 2 is 1.76 bits per heavy atom. The summed E-state index contributed by atoms with van der Waals surface area (Å²) in [5.41, 5.74) is 2.10. The van der Waals surface area contributed by atoms with Gasteiger partial charge in [0.2, 0.25) is 0 Å². The molecule has 1 unspecified atom stereocenters. The van der Waals surface area contributed by atoms with Gasteiger partial charge in [-0.15, -0.1) is 0 Å². The zero-order chi connectivity index (χ0) is 13.1. The number of Topliss-reactive ketones (excluding diaryl/α,β-unsaturated/α-hetero) is 1. The molecule has 0 saturated carbocycles. The lowest BCUT2D eigenvalue weighted by atomic mass is 9.84. The van der Waals surface area contributed by atoms with Crippen molar-refractivity contribution in [1.29, 1.82) is 0 Å². The molecule has 0 aromatic heterocycles. The van der Waals surface area contributed by atoms with Crippen LogP contribution in [0.1, 0.15) is 31.9 Å². The minimum atomic E-state index is -0.344. The summed E-state index contributed by atoms with van der Waals surface area (Å²) in [6, 6.07) is 8.06. The van der Waals surface area contributed by atoms with Crippen LogP contribution in [0.4, 0.5) is 0 Å². The Morgan fingerprint density at radius 3 is 2.18 bits per heavy atom. The van der Waals surface area contributed by atoms with Crippen LogP contribution in [0.25, 0.3) is 0 Å². The van der Waals surface area contributed by atoms with Crippen molar-refractivity contribution in [3.05, 3.63) is 35.4 Å². The maximum absolute atomic E-state index is 12.2. The van der Waals surface area contributed by atoms with Crippen LogP contribution in [0.15, 0.2) is 24.3 Å². The normalized spacial score (nSPS) is 13.5. The number of aryl methyl sites for hydroxylation is 1. The molecule has 1 aromatic carbocycles. The summed E-state index contributed by atoms with van der Waals surface area (Å²) >= 11 is 0. The molecule has 17 heavy (non-hydrogen) atoms. The van der Waals surface area contributed by atoms with Crippen LogP contribution in [-0.2, 0) is 16.0 Å². The van der Waals surface area contributed by atoms with Gasteiger partial charge in [0.25, 0.3) is 0 Å². The van der Waals surface area contributed by atoms with Gasteiger partial charge in [0.05, 0.1) is 0 Å². The molecule has 0 radical (unpaired) electrons. The molecule has 94 valence electrons. The molecule has 0 fully saturated rings. The first-order chi connectivity index (χ1) is 7.84. The minimum absolute atomic E-state index is 0.142. The average Bonchev–Trinajstić information content (AvgIpc) is 2.20.